The largest absolute Gasteiger partial charge is 0.461 e. The van der Waals surface area contributed by atoms with Crippen molar-refractivity contribution in [2.45, 2.75) is 46.6 Å². The zero-order valence-corrected chi connectivity index (χ0v) is 14.7. The number of nitrogens with zero attached hydrogens (tertiary/aromatic N) is 1. The second-order valence-corrected chi connectivity index (χ2v) is 6.09. The fourth-order valence-corrected chi connectivity index (χ4v) is 1.84. The molecule has 0 atom stereocenters. The first-order chi connectivity index (χ1) is 11.1. The highest BCUT2D eigenvalue weighted by atomic mass is 19.1. The number of nitrogens with one attached hydrogen (secondary N) is 2. The molecule has 1 rings (SSSR count). The Labute approximate surface area is 140 Å². The normalized spacial score (nSPS) is 12.0. The van der Waals surface area contributed by atoms with Crippen molar-refractivity contribution in [3.8, 4) is 0 Å². The third-order valence-electron chi connectivity index (χ3n) is 2.87. The molecule has 0 spiro atoms. The molecule has 0 radical (unpaired) electrons. The molecule has 0 bridgehead atoms. The van der Waals surface area contributed by atoms with Crippen molar-refractivity contribution < 1.29 is 23.5 Å². The van der Waals surface area contributed by atoms with E-state index in [1.54, 1.807) is 34.6 Å². The van der Waals surface area contributed by atoms with Gasteiger partial charge in [-0.2, -0.15) is 5.10 Å². The minimum absolute atomic E-state index is 0.0214. The van der Waals surface area contributed by atoms with E-state index in [0.717, 1.165) is 0 Å². The van der Waals surface area contributed by atoms with Crippen LogP contribution < -0.4 is 5.32 Å². The highest BCUT2D eigenvalue weighted by Gasteiger charge is 2.19. The fraction of sp³-hybridized carbons (Fsp3) is 0.562. The first-order valence-electron chi connectivity index (χ1n) is 7.66. The first-order valence-corrected chi connectivity index (χ1v) is 7.66. The van der Waals surface area contributed by atoms with E-state index >= 15 is 0 Å². The van der Waals surface area contributed by atoms with Gasteiger partial charge in [-0.15, -0.1) is 0 Å². The maximum absolute atomic E-state index is 14.0. The van der Waals surface area contributed by atoms with E-state index < -0.39 is 23.5 Å². The van der Waals surface area contributed by atoms with Crippen molar-refractivity contribution in [1.29, 1.82) is 0 Å². The van der Waals surface area contributed by atoms with Crippen LogP contribution >= 0.6 is 0 Å². The zero-order chi connectivity index (χ0) is 18.3. The number of aryl methyl sites for hydroxylation is 1. The number of allylic oxidation sites excluding steroid dienone is 1. The SMILES string of the molecule is CCOC(=O)c1[nH]nc(C)c1CC(F)=CCNC(=O)OC(C)(C)C. The van der Waals surface area contributed by atoms with Crippen molar-refractivity contribution in [2.24, 2.45) is 0 Å². The Hall–Kier alpha value is -2.38. The number of carbonyl (C=O) groups excluding carboxylic acids is 2. The molecule has 0 aliphatic heterocycles. The summed E-state index contributed by atoms with van der Waals surface area (Å²) in [6.45, 7) is 8.76. The van der Waals surface area contributed by atoms with Crippen LogP contribution in [0.5, 0.6) is 0 Å². The van der Waals surface area contributed by atoms with Gasteiger partial charge in [0.15, 0.2) is 0 Å². The Balaban J connectivity index is 2.65. The molecule has 0 aliphatic rings. The van der Waals surface area contributed by atoms with Crippen LogP contribution in [-0.2, 0) is 15.9 Å². The maximum atomic E-state index is 14.0. The van der Waals surface area contributed by atoms with Crippen molar-refractivity contribution in [1.82, 2.24) is 15.5 Å². The Bertz CT molecular complexity index is 617. The van der Waals surface area contributed by atoms with Gasteiger partial charge in [0.25, 0.3) is 0 Å². The highest BCUT2D eigenvalue weighted by Crippen LogP contribution is 2.17. The molecule has 24 heavy (non-hydrogen) atoms. The van der Waals surface area contributed by atoms with Gasteiger partial charge in [-0.25, -0.2) is 14.0 Å². The number of halogens is 1. The highest BCUT2D eigenvalue weighted by molar-refractivity contribution is 5.89. The van der Waals surface area contributed by atoms with Gasteiger partial charge in [0, 0.05) is 18.5 Å². The number of hydrogen-bond acceptors (Lipinski definition) is 5. The van der Waals surface area contributed by atoms with Crippen molar-refractivity contribution >= 4 is 12.1 Å². The summed E-state index contributed by atoms with van der Waals surface area (Å²) in [4.78, 5) is 23.3. The lowest BCUT2D eigenvalue weighted by Crippen LogP contribution is -2.32. The van der Waals surface area contributed by atoms with Gasteiger partial charge in [0.1, 0.15) is 17.1 Å². The molecule has 0 aromatic carbocycles. The van der Waals surface area contributed by atoms with E-state index in [-0.39, 0.29) is 25.3 Å². The molecule has 1 amide bonds. The smallest absolute Gasteiger partial charge is 0.407 e. The second kappa shape index (κ2) is 8.47. The number of carbonyl (C=O) groups is 2. The van der Waals surface area contributed by atoms with Gasteiger partial charge in [0.2, 0.25) is 0 Å². The molecule has 1 aromatic heterocycles. The Morgan fingerprint density at radius 2 is 2.04 bits per heavy atom. The molecule has 1 aromatic rings. The average Bonchev–Trinajstić information content (AvgIpc) is 2.78. The Morgan fingerprint density at radius 1 is 1.38 bits per heavy atom. The van der Waals surface area contributed by atoms with Gasteiger partial charge in [-0.1, -0.05) is 0 Å². The zero-order valence-electron chi connectivity index (χ0n) is 14.7. The van der Waals surface area contributed by atoms with Crippen molar-refractivity contribution in [3.05, 3.63) is 28.9 Å². The molecule has 134 valence electrons. The summed E-state index contributed by atoms with van der Waals surface area (Å²) in [5.74, 6) is -1.08. The number of ether oxygens (including phenoxy) is 2. The van der Waals surface area contributed by atoms with Crippen LogP contribution in [0.1, 0.15) is 49.4 Å². The average molecular weight is 341 g/mol. The third-order valence-corrected chi connectivity index (χ3v) is 2.87. The lowest BCUT2D eigenvalue weighted by atomic mass is 10.1. The van der Waals surface area contributed by atoms with E-state index in [1.165, 1.54) is 6.08 Å². The van der Waals surface area contributed by atoms with Gasteiger partial charge in [-0.05, 0) is 40.7 Å². The summed E-state index contributed by atoms with van der Waals surface area (Å²) >= 11 is 0. The Morgan fingerprint density at radius 3 is 2.62 bits per heavy atom. The van der Waals surface area contributed by atoms with Crippen LogP contribution in [0.25, 0.3) is 0 Å². The molecule has 8 heteroatoms. The van der Waals surface area contributed by atoms with E-state index in [9.17, 15) is 14.0 Å². The molecule has 0 fully saturated rings. The van der Waals surface area contributed by atoms with E-state index in [2.05, 4.69) is 15.5 Å². The summed E-state index contributed by atoms with van der Waals surface area (Å²) < 4.78 is 24.0. The Kier molecular flexibility index (Phi) is 6.94. The predicted octanol–water partition coefficient (Wildman–Crippen LogP) is 2.82. The summed E-state index contributed by atoms with van der Waals surface area (Å²) in [6.07, 6.45) is 0.468. The predicted molar refractivity (Wildman–Crippen MR) is 86.4 cm³/mol. The number of rotatable bonds is 6. The van der Waals surface area contributed by atoms with Crippen LogP contribution in [0.4, 0.5) is 9.18 Å². The molecule has 2 N–H and O–H groups in total. The number of aromatic amines is 1. The standard InChI is InChI=1S/C16H24FN3O4/c1-6-23-14(21)13-12(10(2)19-20-13)9-11(17)7-8-18-15(22)24-16(3,4)5/h7H,6,8-9H2,1-5H3,(H,18,22)(H,19,20). The molecule has 7 nitrogen and oxygen atoms in total. The van der Waals surface area contributed by atoms with Crippen molar-refractivity contribution in [3.63, 3.8) is 0 Å². The van der Waals surface area contributed by atoms with Gasteiger partial charge in [-0.3, -0.25) is 5.10 Å². The minimum atomic E-state index is -0.627. The fourth-order valence-electron chi connectivity index (χ4n) is 1.84. The summed E-state index contributed by atoms with van der Waals surface area (Å²) in [7, 11) is 0. The number of amides is 1. The lowest BCUT2D eigenvalue weighted by molar-refractivity contribution is 0.0513. The number of alkyl carbamates (subject to hydrolysis) is 1. The molecular weight excluding hydrogens is 317 g/mol. The summed E-state index contributed by atoms with van der Waals surface area (Å²) in [6, 6.07) is 0. The van der Waals surface area contributed by atoms with Gasteiger partial charge >= 0.3 is 12.1 Å². The van der Waals surface area contributed by atoms with E-state index in [4.69, 9.17) is 9.47 Å². The molecule has 0 unspecified atom stereocenters. The van der Waals surface area contributed by atoms with Crippen LogP contribution in [-0.4, -0.2) is 41.0 Å². The molecule has 0 saturated heterocycles. The van der Waals surface area contributed by atoms with Crippen LogP contribution in [0.3, 0.4) is 0 Å². The molecular formula is C16H24FN3O4. The number of hydrogen-bond donors (Lipinski definition) is 2. The van der Waals surface area contributed by atoms with Crippen molar-refractivity contribution in [2.75, 3.05) is 13.2 Å². The molecule has 1 heterocycles. The minimum Gasteiger partial charge on any atom is -0.461 e. The van der Waals surface area contributed by atoms with Crippen LogP contribution in [0.15, 0.2) is 11.9 Å². The maximum Gasteiger partial charge on any atom is 0.407 e. The van der Waals surface area contributed by atoms with E-state index in [0.29, 0.717) is 11.3 Å². The molecule has 0 saturated carbocycles. The van der Waals surface area contributed by atoms with Gasteiger partial charge < -0.3 is 14.8 Å². The topological polar surface area (TPSA) is 93.3 Å². The quantitative estimate of drug-likeness (QED) is 0.776. The number of H-pyrrole nitrogens is 1. The van der Waals surface area contributed by atoms with E-state index in [1.807, 2.05) is 0 Å². The number of aromatic nitrogens is 2. The number of esters is 1. The second-order valence-electron chi connectivity index (χ2n) is 6.09. The lowest BCUT2D eigenvalue weighted by Gasteiger charge is -2.19. The van der Waals surface area contributed by atoms with Gasteiger partial charge in [0.05, 0.1) is 12.3 Å². The summed E-state index contributed by atoms with van der Waals surface area (Å²) in [5.41, 5.74) is 0.466. The van der Waals surface area contributed by atoms with Crippen LogP contribution in [0, 0.1) is 6.92 Å². The third kappa shape index (κ3) is 6.39. The first kappa shape index (κ1) is 19.7. The molecule has 0 aliphatic carbocycles. The van der Waals surface area contributed by atoms with Crippen LogP contribution in [0.2, 0.25) is 0 Å². The summed E-state index contributed by atoms with van der Waals surface area (Å²) in [5, 5.41) is 8.90. The monoisotopic (exact) mass is 341 g/mol.